The van der Waals surface area contributed by atoms with Gasteiger partial charge in [0.1, 0.15) is 16.8 Å². The Morgan fingerprint density at radius 3 is 1.70 bits per heavy atom. The van der Waals surface area contributed by atoms with Crippen molar-refractivity contribution in [2.24, 2.45) is 0 Å². The van der Waals surface area contributed by atoms with E-state index in [-0.39, 0.29) is 0 Å². The Morgan fingerprint density at radius 2 is 1.20 bits per heavy atom. The summed E-state index contributed by atoms with van der Waals surface area (Å²) in [5.41, 5.74) is 3.54. The zero-order valence-electron chi connectivity index (χ0n) is 18.4. The van der Waals surface area contributed by atoms with Gasteiger partial charge < -0.3 is 9.47 Å². The molecule has 0 spiro atoms. The lowest BCUT2D eigenvalue weighted by molar-refractivity contribution is 0.397. The van der Waals surface area contributed by atoms with Crippen molar-refractivity contribution in [3.63, 3.8) is 0 Å². The molecular formula is C26H35ClO2P+. The summed E-state index contributed by atoms with van der Waals surface area (Å²) in [7, 11) is 3.48. The van der Waals surface area contributed by atoms with Crippen LogP contribution in [0.1, 0.15) is 64.2 Å². The number of benzene rings is 2. The minimum Gasteiger partial charge on any atom is -0.496 e. The molecule has 0 N–H and O–H groups in total. The molecular weight excluding hydrogens is 411 g/mol. The Bertz CT molecular complexity index is 800. The van der Waals surface area contributed by atoms with E-state index in [0.29, 0.717) is 11.3 Å². The van der Waals surface area contributed by atoms with E-state index >= 15 is 0 Å². The quantitative estimate of drug-likeness (QED) is 0.421. The fourth-order valence-corrected chi connectivity index (χ4v) is 11.8. The molecule has 2 aromatic carbocycles. The van der Waals surface area contributed by atoms with Crippen LogP contribution in [0, 0.1) is 0 Å². The Kier molecular flexibility index (Phi) is 7.27. The van der Waals surface area contributed by atoms with Gasteiger partial charge in [-0.3, -0.25) is 0 Å². The first kappa shape index (κ1) is 22.0. The van der Waals surface area contributed by atoms with Crippen molar-refractivity contribution in [1.29, 1.82) is 0 Å². The van der Waals surface area contributed by atoms with Gasteiger partial charge in [0, 0.05) is 5.56 Å². The Morgan fingerprint density at radius 1 is 0.700 bits per heavy atom. The third kappa shape index (κ3) is 4.11. The molecule has 2 nitrogen and oxygen atoms in total. The Balaban J connectivity index is 1.90. The van der Waals surface area contributed by atoms with Crippen LogP contribution in [0.15, 0.2) is 42.5 Å². The molecule has 2 aliphatic rings. The summed E-state index contributed by atoms with van der Waals surface area (Å²) < 4.78 is 11.6. The third-order valence-corrected chi connectivity index (χ3v) is 13.7. The predicted octanol–water partition coefficient (Wildman–Crippen LogP) is 7.83. The number of hydrogen-bond donors (Lipinski definition) is 0. The lowest BCUT2D eigenvalue weighted by Gasteiger charge is -2.38. The maximum Gasteiger partial charge on any atom is 0.152 e. The van der Waals surface area contributed by atoms with Gasteiger partial charge in [0.05, 0.1) is 42.3 Å². The predicted molar refractivity (Wildman–Crippen MR) is 131 cm³/mol. The van der Waals surface area contributed by atoms with Crippen molar-refractivity contribution in [3.8, 4) is 22.6 Å². The van der Waals surface area contributed by atoms with Gasteiger partial charge in [0.25, 0.3) is 0 Å². The fourth-order valence-electron chi connectivity index (χ4n) is 5.71. The van der Waals surface area contributed by atoms with Crippen LogP contribution in [0.5, 0.6) is 11.5 Å². The van der Waals surface area contributed by atoms with Gasteiger partial charge in [-0.05, 0) is 69.6 Å². The van der Waals surface area contributed by atoms with Gasteiger partial charge >= 0.3 is 0 Å². The van der Waals surface area contributed by atoms with E-state index in [0.717, 1.165) is 17.1 Å². The average Bonchev–Trinajstić information content (AvgIpc) is 2.84. The SMILES string of the molecule is COc1cccc(OC)c1-c1ccccc1[P+](Cl)(C1CCCCC1)C1CCCCC1. The van der Waals surface area contributed by atoms with E-state index in [2.05, 4.69) is 24.3 Å². The van der Waals surface area contributed by atoms with Gasteiger partial charge in [-0.15, -0.1) is 0 Å². The molecule has 2 saturated carbocycles. The molecule has 162 valence electrons. The molecule has 2 fully saturated rings. The highest BCUT2D eigenvalue weighted by atomic mass is 35.7. The Hall–Kier alpha value is -1.24. The van der Waals surface area contributed by atoms with Crippen LogP contribution >= 0.6 is 17.9 Å². The molecule has 0 saturated heterocycles. The van der Waals surface area contributed by atoms with Crippen LogP contribution in [0.4, 0.5) is 0 Å². The van der Waals surface area contributed by atoms with Crippen LogP contribution in [0.25, 0.3) is 11.1 Å². The lowest BCUT2D eigenvalue weighted by atomic mass is 9.99. The van der Waals surface area contributed by atoms with Crippen molar-refractivity contribution in [2.45, 2.75) is 75.5 Å². The molecule has 4 heteroatoms. The molecule has 30 heavy (non-hydrogen) atoms. The van der Waals surface area contributed by atoms with Crippen LogP contribution in [0.3, 0.4) is 0 Å². The summed E-state index contributed by atoms with van der Waals surface area (Å²) in [5, 5.41) is 1.38. The van der Waals surface area contributed by atoms with E-state index < -0.39 is 6.62 Å². The number of hydrogen-bond acceptors (Lipinski definition) is 2. The van der Waals surface area contributed by atoms with Gasteiger partial charge in [-0.1, -0.05) is 37.1 Å². The lowest BCUT2D eigenvalue weighted by Crippen LogP contribution is -2.32. The summed E-state index contributed by atoms with van der Waals surface area (Å²) >= 11 is 8.00. The minimum absolute atomic E-state index is 0.637. The third-order valence-electron chi connectivity index (χ3n) is 7.18. The van der Waals surface area contributed by atoms with E-state index in [1.165, 1.54) is 75.1 Å². The van der Waals surface area contributed by atoms with Crippen LogP contribution in [-0.4, -0.2) is 25.5 Å². The molecule has 0 unspecified atom stereocenters. The van der Waals surface area contributed by atoms with Gasteiger partial charge in [-0.25, -0.2) is 0 Å². The highest BCUT2D eigenvalue weighted by Crippen LogP contribution is 2.76. The Labute approximate surface area is 187 Å². The summed E-state index contributed by atoms with van der Waals surface area (Å²) in [5.74, 6) is 1.72. The first-order valence-corrected chi connectivity index (χ1v) is 14.4. The van der Waals surface area contributed by atoms with Crippen LogP contribution < -0.4 is 14.8 Å². The molecule has 0 aliphatic heterocycles. The minimum atomic E-state index is -1.88. The first-order valence-electron chi connectivity index (χ1n) is 11.6. The monoisotopic (exact) mass is 445 g/mol. The molecule has 4 rings (SSSR count). The highest BCUT2D eigenvalue weighted by Gasteiger charge is 2.55. The second-order valence-corrected chi connectivity index (χ2v) is 13.8. The maximum atomic E-state index is 8.00. The second kappa shape index (κ2) is 9.92. The molecule has 0 atom stereocenters. The number of methoxy groups -OCH3 is 2. The van der Waals surface area contributed by atoms with Crippen LogP contribution in [0.2, 0.25) is 0 Å². The van der Waals surface area contributed by atoms with Gasteiger partial charge in [0.15, 0.2) is 6.62 Å². The van der Waals surface area contributed by atoms with Gasteiger partial charge in [-0.2, -0.15) is 0 Å². The summed E-state index contributed by atoms with van der Waals surface area (Å²) in [6.45, 7) is -1.88. The topological polar surface area (TPSA) is 18.5 Å². The largest absolute Gasteiger partial charge is 0.496 e. The highest BCUT2D eigenvalue weighted by molar-refractivity contribution is 8.05. The van der Waals surface area contributed by atoms with Crippen molar-refractivity contribution in [2.75, 3.05) is 14.2 Å². The standard InChI is InChI=1S/C26H35ClO2P/c1-28-23-17-11-18-24(29-2)26(23)22-16-9-10-19-25(22)30(27,20-12-5-3-6-13-20)21-14-7-4-8-15-21/h9-11,16-21H,3-8,12-15H2,1-2H3/q+1. The normalized spacial score (nSPS) is 18.9. The van der Waals surface area contributed by atoms with E-state index in [1.807, 2.05) is 18.2 Å². The average molecular weight is 446 g/mol. The van der Waals surface area contributed by atoms with E-state index in [9.17, 15) is 0 Å². The fraction of sp³-hybridized carbons (Fsp3) is 0.538. The summed E-state index contributed by atoms with van der Waals surface area (Å²) in [4.78, 5) is 0. The molecule has 0 radical (unpaired) electrons. The van der Waals surface area contributed by atoms with Crippen molar-refractivity contribution in [3.05, 3.63) is 42.5 Å². The van der Waals surface area contributed by atoms with Gasteiger partial charge in [0.2, 0.25) is 0 Å². The molecule has 0 bridgehead atoms. The molecule has 0 amide bonds. The zero-order chi connectivity index (χ0) is 21.0. The number of halogens is 1. The smallest absolute Gasteiger partial charge is 0.152 e. The molecule has 2 aromatic rings. The summed E-state index contributed by atoms with van der Waals surface area (Å²) in [6, 6.07) is 14.9. The second-order valence-electron chi connectivity index (χ2n) is 8.83. The number of rotatable bonds is 6. The molecule has 2 aliphatic carbocycles. The van der Waals surface area contributed by atoms with Crippen molar-refractivity contribution in [1.82, 2.24) is 0 Å². The summed E-state index contributed by atoms with van der Waals surface area (Å²) in [6.07, 6.45) is 13.2. The number of ether oxygens (including phenoxy) is 2. The van der Waals surface area contributed by atoms with Crippen molar-refractivity contribution < 1.29 is 9.47 Å². The van der Waals surface area contributed by atoms with E-state index in [4.69, 9.17) is 20.7 Å². The molecule has 0 heterocycles. The zero-order valence-corrected chi connectivity index (χ0v) is 20.1. The van der Waals surface area contributed by atoms with E-state index in [1.54, 1.807) is 14.2 Å². The first-order chi connectivity index (χ1) is 14.7. The van der Waals surface area contributed by atoms with Crippen LogP contribution in [-0.2, 0) is 0 Å². The maximum absolute atomic E-state index is 8.00. The molecule has 0 aromatic heterocycles. The van der Waals surface area contributed by atoms with Crippen molar-refractivity contribution >= 4 is 23.2 Å².